The number of ether oxygens (including phenoxy) is 1. The van der Waals surface area contributed by atoms with Crippen molar-refractivity contribution >= 4 is 6.09 Å². The van der Waals surface area contributed by atoms with Crippen LogP contribution in [-0.4, -0.2) is 18.9 Å². The summed E-state index contributed by atoms with van der Waals surface area (Å²) in [6.45, 7) is 5.23. The van der Waals surface area contributed by atoms with E-state index in [1.165, 1.54) is 6.08 Å². The molecule has 4 heteroatoms. The number of nitrogens with two attached hydrogens (primary N) is 1. The van der Waals surface area contributed by atoms with Gasteiger partial charge >= 0.3 is 6.09 Å². The topological polar surface area (TPSA) is 64.3 Å². The minimum Gasteiger partial charge on any atom is -0.445 e. The molecule has 0 radical (unpaired) electrons. The van der Waals surface area contributed by atoms with Gasteiger partial charge < -0.3 is 15.8 Å². The van der Waals surface area contributed by atoms with E-state index in [0.29, 0.717) is 0 Å². The first-order valence-electron chi connectivity index (χ1n) is 2.96. The van der Waals surface area contributed by atoms with Gasteiger partial charge in [0.2, 0.25) is 0 Å². The summed E-state index contributed by atoms with van der Waals surface area (Å²) in [6, 6.07) is 0. The number of hydrogen-bond acceptors (Lipinski definition) is 3. The molecule has 0 aliphatic rings. The third kappa shape index (κ3) is 5.11. The first-order chi connectivity index (χ1) is 4.66. The lowest BCUT2D eigenvalue weighted by molar-refractivity contribution is 0.155. The van der Waals surface area contributed by atoms with E-state index in [1.807, 2.05) is 0 Å². The SMILES string of the molecule is C=CCOC(=O)NC(C)N. The Kier molecular flexibility index (Phi) is 4.32. The Balaban J connectivity index is 3.34. The highest BCUT2D eigenvalue weighted by molar-refractivity contribution is 5.67. The van der Waals surface area contributed by atoms with Gasteiger partial charge in [-0.3, -0.25) is 0 Å². The van der Waals surface area contributed by atoms with Crippen molar-refractivity contribution in [3.8, 4) is 0 Å². The maximum atomic E-state index is 10.6. The quantitative estimate of drug-likeness (QED) is 0.439. The molecule has 10 heavy (non-hydrogen) atoms. The molecule has 0 saturated carbocycles. The highest BCUT2D eigenvalue weighted by atomic mass is 16.5. The number of hydrogen-bond donors (Lipinski definition) is 2. The van der Waals surface area contributed by atoms with E-state index in [4.69, 9.17) is 5.73 Å². The number of carbonyl (C=O) groups excluding carboxylic acids is 1. The van der Waals surface area contributed by atoms with Crippen molar-refractivity contribution in [2.45, 2.75) is 13.1 Å². The van der Waals surface area contributed by atoms with Crippen LogP contribution in [0, 0.1) is 0 Å². The van der Waals surface area contributed by atoms with Crippen molar-refractivity contribution < 1.29 is 9.53 Å². The zero-order valence-electron chi connectivity index (χ0n) is 5.96. The summed E-state index contributed by atoms with van der Waals surface area (Å²) in [5.74, 6) is 0. The second-order valence-electron chi connectivity index (χ2n) is 1.82. The van der Waals surface area contributed by atoms with Crippen molar-refractivity contribution in [3.63, 3.8) is 0 Å². The van der Waals surface area contributed by atoms with Gasteiger partial charge in [0.05, 0.1) is 6.17 Å². The Morgan fingerprint density at radius 1 is 2.00 bits per heavy atom. The molecule has 0 aliphatic heterocycles. The molecule has 0 aromatic rings. The summed E-state index contributed by atoms with van der Waals surface area (Å²) < 4.78 is 4.55. The fraction of sp³-hybridized carbons (Fsp3) is 0.500. The smallest absolute Gasteiger partial charge is 0.408 e. The number of alkyl carbamates (subject to hydrolysis) is 1. The molecule has 0 aliphatic carbocycles. The highest BCUT2D eigenvalue weighted by Crippen LogP contribution is 1.78. The van der Waals surface area contributed by atoms with E-state index in [1.54, 1.807) is 6.92 Å². The van der Waals surface area contributed by atoms with Crippen LogP contribution in [0.25, 0.3) is 0 Å². The molecule has 0 bridgehead atoms. The van der Waals surface area contributed by atoms with Gasteiger partial charge in [-0.25, -0.2) is 4.79 Å². The van der Waals surface area contributed by atoms with E-state index in [0.717, 1.165) is 0 Å². The summed E-state index contributed by atoms with van der Waals surface area (Å²) in [6.07, 6.45) is 0.591. The number of carbonyl (C=O) groups is 1. The van der Waals surface area contributed by atoms with Crippen LogP contribution >= 0.6 is 0 Å². The largest absolute Gasteiger partial charge is 0.445 e. The third-order valence-corrected chi connectivity index (χ3v) is 0.678. The molecule has 4 nitrogen and oxygen atoms in total. The molecule has 58 valence electrons. The van der Waals surface area contributed by atoms with Crippen LogP contribution in [0.15, 0.2) is 12.7 Å². The summed E-state index contributed by atoms with van der Waals surface area (Å²) in [5.41, 5.74) is 5.23. The maximum Gasteiger partial charge on any atom is 0.408 e. The molecule has 0 fully saturated rings. The highest BCUT2D eigenvalue weighted by Gasteiger charge is 2.00. The minimum absolute atomic E-state index is 0.207. The molecular weight excluding hydrogens is 132 g/mol. The van der Waals surface area contributed by atoms with E-state index >= 15 is 0 Å². The third-order valence-electron chi connectivity index (χ3n) is 0.678. The number of amides is 1. The molecule has 0 spiro atoms. The predicted molar refractivity (Wildman–Crippen MR) is 38.3 cm³/mol. The van der Waals surface area contributed by atoms with Crippen LogP contribution in [0.2, 0.25) is 0 Å². The van der Waals surface area contributed by atoms with Gasteiger partial charge in [-0.15, -0.1) is 0 Å². The fourth-order valence-electron chi connectivity index (χ4n) is 0.362. The zero-order chi connectivity index (χ0) is 7.98. The minimum atomic E-state index is -0.519. The number of rotatable bonds is 3. The van der Waals surface area contributed by atoms with Crippen molar-refractivity contribution in [2.24, 2.45) is 5.73 Å². The summed E-state index contributed by atoms with van der Waals surface area (Å²) >= 11 is 0. The summed E-state index contributed by atoms with van der Waals surface area (Å²) in [7, 11) is 0. The first-order valence-corrected chi connectivity index (χ1v) is 2.96. The van der Waals surface area contributed by atoms with Crippen LogP contribution in [0.5, 0.6) is 0 Å². The summed E-state index contributed by atoms with van der Waals surface area (Å²) in [4.78, 5) is 10.6. The lowest BCUT2D eigenvalue weighted by Crippen LogP contribution is -2.39. The summed E-state index contributed by atoms with van der Waals surface area (Å²) in [5, 5.41) is 2.35. The van der Waals surface area contributed by atoms with Gasteiger partial charge in [-0.1, -0.05) is 12.7 Å². The van der Waals surface area contributed by atoms with E-state index in [9.17, 15) is 4.79 Å². The maximum absolute atomic E-state index is 10.6. The van der Waals surface area contributed by atoms with Gasteiger partial charge in [-0.05, 0) is 6.92 Å². The molecule has 0 aromatic heterocycles. The van der Waals surface area contributed by atoms with Gasteiger partial charge in [0, 0.05) is 0 Å². The molecule has 1 amide bonds. The van der Waals surface area contributed by atoms with Crippen LogP contribution in [0.1, 0.15) is 6.92 Å². The van der Waals surface area contributed by atoms with E-state index in [2.05, 4.69) is 16.6 Å². The Morgan fingerprint density at radius 3 is 3.00 bits per heavy atom. The molecule has 0 rings (SSSR count). The Morgan fingerprint density at radius 2 is 2.60 bits per heavy atom. The molecule has 1 unspecified atom stereocenters. The van der Waals surface area contributed by atoms with Gasteiger partial charge in [0.15, 0.2) is 0 Å². The lowest BCUT2D eigenvalue weighted by Gasteiger charge is -2.06. The van der Waals surface area contributed by atoms with Crippen LogP contribution in [0.4, 0.5) is 4.79 Å². The first kappa shape index (κ1) is 8.97. The molecule has 3 N–H and O–H groups in total. The Labute approximate surface area is 60.0 Å². The van der Waals surface area contributed by atoms with E-state index < -0.39 is 6.09 Å². The van der Waals surface area contributed by atoms with Crippen LogP contribution < -0.4 is 11.1 Å². The zero-order valence-corrected chi connectivity index (χ0v) is 5.96. The van der Waals surface area contributed by atoms with Crippen molar-refractivity contribution in [1.82, 2.24) is 5.32 Å². The van der Waals surface area contributed by atoms with Crippen molar-refractivity contribution in [2.75, 3.05) is 6.61 Å². The fourth-order valence-corrected chi connectivity index (χ4v) is 0.362. The molecule has 0 heterocycles. The average molecular weight is 144 g/mol. The molecule has 0 aromatic carbocycles. The Bertz CT molecular complexity index is 123. The average Bonchev–Trinajstić information content (AvgIpc) is 1.82. The van der Waals surface area contributed by atoms with Gasteiger partial charge in [-0.2, -0.15) is 0 Å². The molecule has 0 saturated heterocycles. The molecule has 1 atom stereocenters. The van der Waals surface area contributed by atoms with Gasteiger partial charge in [0.25, 0.3) is 0 Å². The number of nitrogens with one attached hydrogen (secondary N) is 1. The predicted octanol–water partition coefficient (Wildman–Crippen LogP) is 0.203. The second kappa shape index (κ2) is 4.81. The molecular formula is C6H12N2O2. The van der Waals surface area contributed by atoms with E-state index in [-0.39, 0.29) is 12.8 Å². The Hall–Kier alpha value is -1.03. The van der Waals surface area contributed by atoms with Crippen molar-refractivity contribution in [1.29, 1.82) is 0 Å². The van der Waals surface area contributed by atoms with Crippen LogP contribution in [0.3, 0.4) is 0 Å². The van der Waals surface area contributed by atoms with Crippen molar-refractivity contribution in [3.05, 3.63) is 12.7 Å². The monoisotopic (exact) mass is 144 g/mol. The normalized spacial score (nSPS) is 11.8. The lowest BCUT2D eigenvalue weighted by atomic mass is 10.6. The van der Waals surface area contributed by atoms with Gasteiger partial charge in [0.1, 0.15) is 6.61 Å². The standard InChI is InChI=1S/C6H12N2O2/c1-3-4-10-6(9)8-5(2)7/h3,5H,1,4,7H2,2H3,(H,8,9). The second-order valence-corrected chi connectivity index (χ2v) is 1.82. The van der Waals surface area contributed by atoms with Crippen LogP contribution in [-0.2, 0) is 4.74 Å².